The van der Waals surface area contributed by atoms with Crippen LogP contribution in [0.1, 0.15) is 19.5 Å². The number of anilines is 3. The molecule has 0 aliphatic carbocycles. The Balaban J connectivity index is 2.20. The fourth-order valence-corrected chi connectivity index (χ4v) is 2.03. The second-order valence-electron chi connectivity index (χ2n) is 5.40. The number of aryl methyl sites for hydroxylation is 1. The molecular weight excluding hydrogens is 292 g/mol. The van der Waals surface area contributed by atoms with Crippen LogP contribution in [0.2, 0.25) is 5.02 Å². The maximum Gasteiger partial charge on any atom is 0.229 e. The summed E-state index contributed by atoms with van der Waals surface area (Å²) in [6.45, 7) is 5.74. The highest BCUT2D eigenvalue weighted by Crippen LogP contribution is 2.22. The summed E-state index contributed by atoms with van der Waals surface area (Å²) in [4.78, 5) is 8.39. The van der Waals surface area contributed by atoms with Gasteiger partial charge in [-0.1, -0.05) is 11.6 Å². The van der Waals surface area contributed by atoms with Gasteiger partial charge in [-0.2, -0.15) is 10.1 Å². The van der Waals surface area contributed by atoms with Crippen LogP contribution in [0.25, 0.3) is 0 Å². The van der Waals surface area contributed by atoms with Crippen molar-refractivity contribution in [2.24, 2.45) is 0 Å². The maximum absolute atomic E-state index is 9.83. The number of hydrogen-bond donors (Lipinski definition) is 3. The first-order chi connectivity index (χ1) is 9.78. The monoisotopic (exact) mass is 310 g/mol. The lowest BCUT2D eigenvalue weighted by Gasteiger charge is -2.16. The van der Waals surface area contributed by atoms with Gasteiger partial charge in [0.1, 0.15) is 10.8 Å². The standard InChI is InChI=1S/C13H19ClN6O/c1-8-10(6-20(19-8)7-13(2,3)21)17-12-16-5-9(14)11(15-4)18-12/h5-6,21H,7H2,1-4H3,(H2,15,16,17,18). The molecule has 2 rings (SSSR count). The van der Waals surface area contributed by atoms with E-state index >= 15 is 0 Å². The minimum atomic E-state index is -0.828. The summed E-state index contributed by atoms with van der Waals surface area (Å²) in [5, 5.41) is 20.6. The predicted molar refractivity (Wildman–Crippen MR) is 83.1 cm³/mol. The highest BCUT2D eigenvalue weighted by atomic mass is 35.5. The lowest BCUT2D eigenvalue weighted by Crippen LogP contribution is -2.26. The second-order valence-corrected chi connectivity index (χ2v) is 5.81. The first-order valence-corrected chi connectivity index (χ1v) is 6.90. The molecule has 0 bridgehead atoms. The zero-order valence-corrected chi connectivity index (χ0v) is 13.2. The van der Waals surface area contributed by atoms with Crippen molar-refractivity contribution in [2.75, 3.05) is 17.7 Å². The topological polar surface area (TPSA) is 87.9 Å². The Morgan fingerprint density at radius 3 is 2.76 bits per heavy atom. The largest absolute Gasteiger partial charge is 0.389 e. The minimum Gasteiger partial charge on any atom is -0.389 e. The third-order valence-electron chi connectivity index (χ3n) is 2.72. The Morgan fingerprint density at radius 1 is 1.43 bits per heavy atom. The van der Waals surface area contributed by atoms with Crippen molar-refractivity contribution in [3.05, 3.63) is 23.1 Å². The number of aromatic nitrogens is 4. The van der Waals surface area contributed by atoms with Gasteiger partial charge in [-0.15, -0.1) is 0 Å². The predicted octanol–water partition coefficient (Wildman–Crippen LogP) is 2.19. The van der Waals surface area contributed by atoms with Crippen molar-refractivity contribution in [3.8, 4) is 0 Å². The Hall–Kier alpha value is -1.86. The number of nitrogens with zero attached hydrogens (tertiary/aromatic N) is 4. The third-order valence-corrected chi connectivity index (χ3v) is 3.00. The van der Waals surface area contributed by atoms with E-state index in [1.807, 2.05) is 13.1 Å². The lowest BCUT2D eigenvalue weighted by molar-refractivity contribution is 0.0577. The molecule has 0 saturated carbocycles. The Kier molecular flexibility index (Phi) is 4.34. The normalized spacial score (nSPS) is 11.5. The lowest BCUT2D eigenvalue weighted by atomic mass is 10.1. The molecule has 0 spiro atoms. The Morgan fingerprint density at radius 2 is 2.14 bits per heavy atom. The highest BCUT2D eigenvalue weighted by Gasteiger charge is 2.16. The van der Waals surface area contributed by atoms with E-state index in [2.05, 4.69) is 25.7 Å². The molecule has 0 aliphatic rings. The zero-order chi connectivity index (χ0) is 15.6. The number of rotatable bonds is 5. The van der Waals surface area contributed by atoms with Gasteiger partial charge in [0.25, 0.3) is 0 Å². The summed E-state index contributed by atoms with van der Waals surface area (Å²) in [5.74, 6) is 0.977. The fraction of sp³-hybridized carbons (Fsp3) is 0.462. The number of hydrogen-bond acceptors (Lipinski definition) is 6. The van der Waals surface area contributed by atoms with E-state index in [4.69, 9.17) is 11.6 Å². The van der Waals surface area contributed by atoms with E-state index in [9.17, 15) is 5.11 Å². The Bertz CT molecular complexity index is 634. The summed E-state index contributed by atoms with van der Waals surface area (Å²) in [7, 11) is 1.74. The molecule has 0 radical (unpaired) electrons. The SMILES string of the molecule is CNc1nc(Nc2cn(CC(C)(C)O)nc2C)ncc1Cl. The number of aliphatic hydroxyl groups is 1. The van der Waals surface area contributed by atoms with Crippen LogP contribution >= 0.6 is 11.6 Å². The summed E-state index contributed by atoms with van der Waals surface area (Å²) in [6.07, 6.45) is 3.34. The van der Waals surface area contributed by atoms with E-state index in [0.29, 0.717) is 23.3 Å². The van der Waals surface area contributed by atoms with Crippen LogP contribution in [0, 0.1) is 6.92 Å². The molecule has 0 aliphatic heterocycles. The van der Waals surface area contributed by atoms with Crippen molar-refractivity contribution in [3.63, 3.8) is 0 Å². The highest BCUT2D eigenvalue weighted by molar-refractivity contribution is 6.32. The van der Waals surface area contributed by atoms with Gasteiger partial charge >= 0.3 is 0 Å². The van der Waals surface area contributed by atoms with Gasteiger partial charge in [0.15, 0.2) is 0 Å². The molecule has 0 amide bonds. The number of nitrogens with one attached hydrogen (secondary N) is 2. The average molecular weight is 311 g/mol. The number of halogens is 1. The summed E-state index contributed by atoms with van der Waals surface area (Å²) >= 11 is 5.95. The third kappa shape index (κ3) is 4.05. The second kappa shape index (κ2) is 5.87. The minimum absolute atomic E-state index is 0.402. The van der Waals surface area contributed by atoms with Crippen LogP contribution in [-0.2, 0) is 6.54 Å². The molecule has 114 valence electrons. The summed E-state index contributed by atoms with van der Waals surface area (Å²) < 4.78 is 1.69. The molecule has 0 fully saturated rings. The van der Waals surface area contributed by atoms with Crippen molar-refractivity contribution < 1.29 is 5.11 Å². The van der Waals surface area contributed by atoms with Gasteiger partial charge in [-0.3, -0.25) is 4.68 Å². The van der Waals surface area contributed by atoms with Crippen molar-refractivity contribution in [1.29, 1.82) is 0 Å². The summed E-state index contributed by atoms with van der Waals surface area (Å²) in [5.41, 5.74) is 0.749. The van der Waals surface area contributed by atoms with E-state index in [1.165, 1.54) is 6.20 Å². The molecule has 2 aromatic heterocycles. The quantitative estimate of drug-likeness (QED) is 0.784. The molecule has 7 nitrogen and oxygen atoms in total. The maximum atomic E-state index is 9.83. The first-order valence-electron chi connectivity index (χ1n) is 6.52. The van der Waals surface area contributed by atoms with E-state index in [0.717, 1.165) is 11.4 Å². The van der Waals surface area contributed by atoms with Crippen molar-refractivity contribution in [1.82, 2.24) is 19.7 Å². The van der Waals surface area contributed by atoms with Crippen LogP contribution in [0.3, 0.4) is 0 Å². The van der Waals surface area contributed by atoms with Gasteiger partial charge in [-0.05, 0) is 20.8 Å². The molecule has 0 aromatic carbocycles. The molecule has 3 N–H and O–H groups in total. The van der Waals surface area contributed by atoms with Gasteiger partial charge in [-0.25, -0.2) is 4.98 Å². The van der Waals surface area contributed by atoms with Crippen molar-refractivity contribution in [2.45, 2.75) is 32.9 Å². The smallest absolute Gasteiger partial charge is 0.229 e. The van der Waals surface area contributed by atoms with Gasteiger partial charge < -0.3 is 15.7 Å². The van der Waals surface area contributed by atoms with E-state index in [-0.39, 0.29) is 0 Å². The first kappa shape index (κ1) is 15.5. The van der Waals surface area contributed by atoms with Crippen LogP contribution in [0.15, 0.2) is 12.4 Å². The van der Waals surface area contributed by atoms with E-state index < -0.39 is 5.60 Å². The fourth-order valence-electron chi connectivity index (χ4n) is 1.84. The van der Waals surface area contributed by atoms with Crippen LogP contribution < -0.4 is 10.6 Å². The molecule has 2 heterocycles. The van der Waals surface area contributed by atoms with Gasteiger partial charge in [0.05, 0.1) is 29.7 Å². The van der Waals surface area contributed by atoms with Gasteiger partial charge in [0.2, 0.25) is 5.95 Å². The van der Waals surface area contributed by atoms with Crippen LogP contribution in [-0.4, -0.2) is 37.5 Å². The molecular formula is C13H19ClN6O. The van der Waals surface area contributed by atoms with E-state index in [1.54, 1.807) is 25.6 Å². The Labute approximate surface area is 128 Å². The van der Waals surface area contributed by atoms with Gasteiger partial charge in [0, 0.05) is 13.2 Å². The zero-order valence-electron chi connectivity index (χ0n) is 12.5. The average Bonchev–Trinajstić information content (AvgIpc) is 2.69. The molecule has 0 atom stereocenters. The van der Waals surface area contributed by atoms with Crippen LogP contribution in [0.5, 0.6) is 0 Å². The van der Waals surface area contributed by atoms with Crippen LogP contribution in [0.4, 0.5) is 17.5 Å². The molecule has 0 unspecified atom stereocenters. The molecule has 0 saturated heterocycles. The summed E-state index contributed by atoms with van der Waals surface area (Å²) in [6, 6.07) is 0. The molecule has 21 heavy (non-hydrogen) atoms. The molecule has 8 heteroatoms. The molecule has 2 aromatic rings. The van der Waals surface area contributed by atoms with Crippen molar-refractivity contribution >= 4 is 29.1 Å².